The van der Waals surface area contributed by atoms with Crippen LogP contribution in [0.25, 0.3) is 0 Å². The van der Waals surface area contributed by atoms with Crippen molar-refractivity contribution in [1.29, 1.82) is 0 Å². The second kappa shape index (κ2) is 3.27. The lowest BCUT2D eigenvalue weighted by molar-refractivity contribution is 0.0735. The van der Waals surface area contributed by atoms with Gasteiger partial charge >= 0.3 is 0 Å². The van der Waals surface area contributed by atoms with Crippen molar-refractivity contribution in [2.45, 2.75) is 0 Å². The summed E-state index contributed by atoms with van der Waals surface area (Å²) in [6.07, 6.45) is 5.04. The number of hydrogen-bond donors (Lipinski definition) is 0. The van der Waals surface area contributed by atoms with Crippen LogP contribution in [0.4, 0.5) is 0 Å². The number of hydrogen-bond acceptors (Lipinski definition) is 2. The van der Waals surface area contributed by atoms with E-state index in [1.807, 2.05) is 6.04 Å². The number of rotatable bonds is 0. The molecule has 0 saturated heterocycles. The molecular formula is C10H3Cl2NO2. The molecule has 0 spiro atoms. The molecular weight excluding hydrogens is 237 g/mol. The second-order valence-corrected chi connectivity index (χ2v) is 3.70. The van der Waals surface area contributed by atoms with Gasteiger partial charge in [0.1, 0.15) is 0 Å². The van der Waals surface area contributed by atoms with Gasteiger partial charge in [-0.25, -0.2) is 0 Å². The maximum Gasteiger partial charge on any atom is 0.273 e. The topological polar surface area (TPSA) is 37.4 Å². The maximum atomic E-state index is 11.6. The zero-order valence-corrected chi connectivity index (χ0v) is 8.76. The van der Waals surface area contributed by atoms with Gasteiger partial charge in [0, 0.05) is 6.04 Å². The minimum Gasteiger partial charge on any atom is -0.267 e. The molecule has 3 nitrogen and oxygen atoms in total. The van der Waals surface area contributed by atoms with Gasteiger partial charge in [-0.1, -0.05) is 29.6 Å². The van der Waals surface area contributed by atoms with Gasteiger partial charge in [-0.2, -0.15) is 4.90 Å². The van der Waals surface area contributed by atoms with Crippen LogP contribution in [-0.2, 0) is 0 Å². The largest absolute Gasteiger partial charge is 0.273 e. The number of carbonyl (C=O) groups excluding carboxylic acids is 2. The smallest absolute Gasteiger partial charge is 0.267 e. The van der Waals surface area contributed by atoms with E-state index >= 15 is 0 Å². The lowest BCUT2D eigenvalue weighted by atomic mass is 10.1. The zero-order valence-electron chi connectivity index (χ0n) is 7.25. The van der Waals surface area contributed by atoms with Crippen LogP contribution in [0.1, 0.15) is 20.7 Å². The standard InChI is InChI=1S/C10H3Cl2NO2/c1-2-13-9(14)5-3-7(11)8(12)4-6(5)10(13)15/h1,3-4H. The first-order chi connectivity index (χ1) is 7.06. The van der Waals surface area contributed by atoms with E-state index in [1.165, 1.54) is 12.1 Å². The molecule has 0 bridgehead atoms. The summed E-state index contributed by atoms with van der Waals surface area (Å²) in [6, 6.07) is 4.69. The second-order valence-electron chi connectivity index (χ2n) is 2.89. The Morgan fingerprint density at radius 2 is 1.47 bits per heavy atom. The summed E-state index contributed by atoms with van der Waals surface area (Å²) in [7, 11) is 0. The molecule has 1 aromatic rings. The number of halogens is 2. The van der Waals surface area contributed by atoms with Crippen molar-refractivity contribution in [1.82, 2.24) is 4.90 Å². The number of carbonyl (C=O) groups is 2. The van der Waals surface area contributed by atoms with Crippen LogP contribution in [-0.4, -0.2) is 16.7 Å². The fourth-order valence-corrected chi connectivity index (χ4v) is 1.68. The summed E-state index contributed by atoms with van der Waals surface area (Å²) in [6.45, 7) is 0. The molecule has 0 N–H and O–H groups in total. The highest BCUT2D eigenvalue weighted by molar-refractivity contribution is 6.43. The number of fused-ring (bicyclic) bond motifs is 1. The Kier molecular flexibility index (Phi) is 2.18. The molecule has 0 unspecified atom stereocenters. The molecule has 0 atom stereocenters. The van der Waals surface area contributed by atoms with E-state index in [4.69, 9.17) is 29.6 Å². The van der Waals surface area contributed by atoms with E-state index in [-0.39, 0.29) is 21.2 Å². The molecule has 1 heterocycles. The van der Waals surface area contributed by atoms with Crippen LogP contribution >= 0.6 is 23.2 Å². The highest BCUT2D eigenvalue weighted by Crippen LogP contribution is 2.30. The van der Waals surface area contributed by atoms with Crippen LogP contribution in [0.3, 0.4) is 0 Å². The predicted octanol–water partition coefficient (Wildman–Crippen LogP) is 2.18. The molecule has 1 aliphatic rings. The van der Waals surface area contributed by atoms with Crippen molar-refractivity contribution in [3.63, 3.8) is 0 Å². The van der Waals surface area contributed by atoms with E-state index in [0.717, 1.165) is 0 Å². The number of imide groups is 1. The number of benzene rings is 1. The molecule has 2 rings (SSSR count). The summed E-state index contributed by atoms with van der Waals surface area (Å²) in [5.74, 6) is -1.09. The Hall–Kier alpha value is -1.50. The van der Waals surface area contributed by atoms with Crippen molar-refractivity contribution >= 4 is 35.0 Å². The van der Waals surface area contributed by atoms with Crippen molar-refractivity contribution in [2.24, 2.45) is 0 Å². The molecule has 0 radical (unpaired) electrons. The van der Waals surface area contributed by atoms with E-state index in [1.54, 1.807) is 0 Å². The maximum absolute atomic E-state index is 11.6. The molecule has 0 fully saturated rings. The highest BCUT2D eigenvalue weighted by Gasteiger charge is 2.35. The Morgan fingerprint density at radius 3 is 1.80 bits per heavy atom. The van der Waals surface area contributed by atoms with Crippen LogP contribution in [0, 0.1) is 12.5 Å². The number of terminal acetylenes is 1. The van der Waals surface area contributed by atoms with Crippen LogP contribution in [0.15, 0.2) is 12.1 Å². The van der Waals surface area contributed by atoms with Gasteiger partial charge in [-0.3, -0.25) is 9.59 Å². The summed E-state index contributed by atoms with van der Waals surface area (Å²) < 4.78 is 0. The third kappa shape index (κ3) is 1.30. The third-order valence-corrected chi connectivity index (χ3v) is 2.78. The lowest BCUT2D eigenvalue weighted by Crippen LogP contribution is -2.23. The summed E-state index contributed by atoms with van der Waals surface area (Å²) in [5, 5.41) is 0.436. The van der Waals surface area contributed by atoms with Gasteiger partial charge in [-0.05, 0) is 12.1 Å². The minimum atomic E-state index is -0.545. The Labute approximate surface area is 95.6 Å². The highest BCUT2D eigenvalue weighted by atomic mass is 35.5. The van der Waals surface area contributed by atoms with Gasteiger partial charge in [-0.15, -0.1) is 0 Å². The van der Waals surface area contributed by atoms with Gasteiger partial charge in [0.2, 0.25) is 0 Å². The molecule has 1 aliphatic heterocycles. The van der Waals surface area contributed by atoms with Gasteiger partial charge in [0.15, 0.2) is 0 Å². The molecule has 74 valence electrons. The molecule has 2 amide bonds. The fraction of sp³-hybridized carbons (Fsp3) is 0. The first kappa shape index (κ1) is 10.0. The van der Waals surface area contributed by atoms with E-state index in [9.17, 15) is 9.59 Å². The van der Waals surface area contributed by atoms with Gasteiger partial charge in [0.25, 0.3) is 11.8 Å². The Morgan fingerprint density at radius 1 is 1.07 bits per heavy atom. The summed E-state index contributed by atoms with van der Waals surface area (Å²) >= 11 is 11.5. The van der Waals surface area contributed by atoms with E-state index < -0.39 is 11.8 Å². The van der Waals surface area contributed by atoms with Crippen molar-refractivity contribution in [3.05, 3.63) is 33.3 Å². The molecule has 5 heteroatoms. The lowest BCUT2D eigenvalue weighted by Gasteiger charge is -2.00. The fourth-order valence-electron chi connectivity index (χ4n) is 1.35. The first-order valence-electron chi connectivity index (χ1n) is 3.90. The Balaban J connectivity index is 2.69. The summed E-state index contributed by atoms with van der Waals surface area (Å²) in [4.78, 5) is 23.8. The van der Waals surface area contributed by atoms with E-state index in [0.29, 0.717) is 4.90 Å². The van der Waals surface area contributed by atoms with Crippen molar-refractivity contribution in [3.8, 4) is 12.5 Å². The van der Waals surface area contributed by atoms with Crippen LogP contribution < -0.4 is 0 Å². The van der Waals surface area contributed by atoms with Crippen molar-refractivity contribution in [2.75, 3.05) is 0 Å². The summed E-state index contributed by atoms with van der Waals surface area (Å²) in [5.41, 5.74) is 0.375. The quantitative estimate of drug-likeness (QED) is 0.514. The predicted molar refractivity (Wildman–Crippen MR) is 55.8 cm³/mol. The van der Waals surface area contributed by atoms with Crippen LogP contribution in [0.5, 0.6) is 0 Å². The van der Waals surface area contributed by atoms with Gasteiger partial charge in [0.05, 0.1) is 21.2 Å². The van der Waals surface area contributed by atoms with Crippen LogP contribution in [0.2, 0.25) is 10.0 Å². The molecule has 1 aromatic carbocycles. The van der Waals surface area contributed by atoms with E-state index in [2.05, 4.69) is 0 Å². The zero-order chi connectivity index (χ0) is 11.2. The normalized spacial score (nSPS) is 14.1. The monoisotopic (exact) mass is 239 g/mol. The Bertz CT molecular complexity index is 490. The SMILES string of the molecule is C#CN1C(=O)c2cc(Cl)c(Cl)cc2C1=O. The number of nitrogens with zero attached hydrogens (tertiary/aromatic N) is 1. The van der Waals surface area contributed by atoms with Crippen molar-refractivity contribution < 1.29 is 9.59 Å². The average molecular weight is 240 g/mol. The molecule has 0 aliphatic carbocycles. The first-order valence-corrected chi connectivity index (χ1v) is 4.66. The van der Waals surface area contributed by atoms with Gasteiger partial charge < -0.3 is 0 Å². The number of amides is 2. The minimum absolute atomic E-state index is 0.187. The molecule has 15 heavy (non-hydrogen) atoms. The molecule has 0 saturated carbocycles. The average Bonchev–Trinajstić information content (AvgIpc) is 2.42. The third-order valence-electron chi connectivity index (χ3n) is 2.06. The molecule has 0 aromatic heterocycles.